The predicted octanol–water partition coefficient (Wildman–Crippen LogP) is 4.15. The van der Waals surface area contributed by atoms with E-state index in [1.807, 2.05) is 12.1 Å². The van der Waals surface area contributed by atoms with E-state index in [9.17, 15) is 4.39 Å². The summed E-state index contributed by atoms with van der Waals surface area (Å²) in [6, 6.07) is 5.95. The Labute approximate surface area is 112 Å². The molecule has 0 aliphatic carbocycles. The van der Waals surface area contributed by atoms with E-state index in [0.717, 1.165) is 24.9 Å². The second-order valence-electron chi connectivity index (χ2n) is 4.66. The Balaban J connectivity index is 2.62. The lowest BCUT2D eigenvalue weighted by molar-refractivity contribution is 0.383. The molecule has 0 amide bonds. The average Bonchev–Trinajstić information content (AvgIpc) is 2.29. The predicted molar refractivity (Wildman–Crippen MR) is 74.7 cm³/mol. The van der Waals surface area contributed by atoms with E-state index in [1.165, 1.54) is 0 Å². The second kappa shape index (κ2) is 7.12. The highest BCUT2D eigenvalue weighted by molar-refractivity contribution is 9.10. The number of benzene rings is 1. The quantitative estimate of drug-likeness (QED) is 0.832. The van der Waals surface area contributed by atoms with Gasteiger partial charge in [0.05, 0.1) is 4.47 Å². The zero-order chi connectivity index (χ0) is 12.8. The zero-order valence-electron chi connectivity index (χ0n) is 10.8. The minimum absolute atomic E-state index is 0.119. The molecule has 0 aromatic heterocycles. The summed E-state index contributed by atoms with van der Waals surface area (Å²) in [6.45, 7) is 7.47. The van der Waals surface area contributed by atoms with Crippen molar-refractivity contribution in [3.8, 4) is 0 Å². The first-order valence-corrected chi connectivity index (χ1v) is 7.01. The van der Waals surface area contributed by atoms with Crippen LogP contribution in [0.1, 0.15) is 32.8 Å². The topological polar surface area (TPSA) is 12.0 Å². The van der Waals surface area contributed by atoms with Crippen molar-refractivity contribution in [2.24, 2.45) is 5.92 Å². The summed E-state index contributed by atoms with van der Waals surface area (Å²) in [5.74, 6) is 0.455. The number of aryl methyl sites for hydroxylation is 1. The Morgan fingerprint density at radius 1 is 1.35 bits per heavy atom. The fraction of sp³-hybridized carbons (Fsp3) is 0.571. The van der Waals surface area contributed by atoms with E-state index >= 15 is 0 Å². The van der Waals surface area contributed by atoms with Gasteiger partial charge >= 0.3 is 0 Å². The van der Waals surface area contributed by atoms with Crippen molar-refractivity contribution in [2.45, 2.75) is 39.7 Å². The Hall–Kier alpha value is -0.410. The van der Waals surface area contributed by atoms with Crippen LogP contribution in [0.3, 0.4) is 0 Å². The molecule has 3 heteroatoms. The average molecular weight is 302 g/mol. The standard InChI is InChI=1S/C14H21BrFN/c1-4-17-13(10(2)3)9-8-11-6-5-7-12(15)14(11)16/h5-7,10,13,17H,4,8-9H2,1-3H3. The molecule has 1 rings (SSSR count). The molecule has 1 aromatic carbocycles. The van der Waals surface area contributed by atoms with Gasteiger partial charge in [-0.1, -0.05) is 32.9 Å². The molecule has 17 heavy (non-hydrogen) atoms. The highest BCUT2D eigenvalue weighted by atomic mass is 79.9. The minimum Gasteiger partial charge on any atom is -0.314 e. The van der Waals surface area contributed by atoms with Crippen LogP contribution in [0, 0.1) is 11.7 Å². The van der Waals surface area contributed by atoms with Crippen LogP contribution in [-0.2, 0) is 6.42 Å². The molecule has 0 aliphatic heterocycles. The van der Waals surface area contributed by atoms with Gasteiger partial charge in [-0.15, -0.1) is 0 Å². The Morgan fingerprint density at radius 2 is 2.06 bits per heavy atom. The molecule has 1 nitrogen and oxygen atoms in total. The normalized spacial score (nSPS) is 13.1. The third-order valence-electron chi connectivity index (χ3n) is 3.03. The first-order valence-electron chi connectivity index (χ1n) is 6.22. The summed E-state index contributed by atoms with van der Waals surface area (Å²) < 4.78 is 14.3. The van der Waals surface area contributed by atoms with Gasteiger partial charge in [0, 0.05) is 6.04 Å². The minimum atomic E-state index is -0.119. The summed E-state index contributed by atoms with van der Waals surface area (Å²) in [4.78, 5) is 0. The van der Waals surface area contributed by atoms with Crippen molar-refractivity contribution in [1.29, 1.82) is 0 Å². The number of hydrogen-bond acceptors (Lipinski definition) is 1. The Bertz CT molecular complexity index is 352. The third-order valence-corrected chi connectivity index (χ3v) is 3.64. The van der Waals surface area contributed by atoms with Crippen molar-refractivity contribution >= 4 is 15.9 Å². The number of hydrogen-bond donors (Lipinski definition) is 1. The Kier molecular flexibility index (Phi) is 6.14. The third kappa shape index (κ3) is 4.40. The smallest absolute Gasteiger partial charge is 0.140 e. The lowest BCUT2D eigenvalue weighted by Crippen LogP contribution is -2.34. The molecule has 0 saturated heterocycles. The first kappa shape index (κ1) is 14.7. The van der Waals surface area contributed by atoms with Gasteiger partial charge < -0.3 is 5.32 Å². The fourth-order valence-corrected chi connectivity index (χ4v) is 2.39. The summed E-state index contributed by atoms with van der Waals surface area (Å²) in [7, 11) is 0. The fourth-order valence-electron chi connectivity index (χ4n) is 1.99. The van der Waals surface area contributed by atoms with Gasteiger partial charge in [-0.25, -0.2) is 4.39 Å². The highest BCUT2D eigenvalue weighted by Crippen LogP contribution is 2.20. The number of nitrogens with one attached hydrogen (secondary N) is 1. The highest BCUT2D eigenvalue weighted by Gasteiger charge is 2.13. The van der Waals surface area contributed by atoms with Crippen LogP contribution in [0.2, 0.25) is 0 Å². The van der Waals surface area contributed by atoms with Gasteiger partial charge in [0.25, 0.3) is 0 Å². The molecule has 1 N–H and O–H groups in total. The van der Waals surface area contributed by atoms with Crippen LogP contribution in [-0.4, -0.2) is 12.6 Å². The van der Waals surface area contributed by atoms with Gasteiger partial charge in [-0.3, -0.25) is 0 Å². The molecule has 0 saturated carbocycles. The molecule has 0 fully saturated rings. The van der Waals surface area contributed by atoms with Gasteiger partial charge in [0.15, 0.2) is 0 Å². The molecule has 0 heterocycles. The van der Waals surface area contributed by atoms with E-state index in [-0.39, 0.29) is 5.82 Å². The van der Waals surface area contributed by atoms with E-state index in [4.69, 9.17) is 0 Å². The summed E-state index contributed by atoms with van der Waals surface area (Å²) >= 11 is 3.22. The molecular formula is C14H21BrFN. The van der Waals surface area contributed by atoms with Crippen molar-refractivity contribution < 1.29 is 4.39 Å². The maximum absolute atomic E-state index is 13.8. The molecule has 96 valence electrons. The van der Waals surface area contributed by atoms with Crippen LogP contribution in [0.25, 0.3) is 0 Å². The molecule has 1 aromatic rings. The van der Waals surface area contributed by atoms with Gasteiger partial charge in [0.1, 0.15) is 5.82 Å². The van der Waals surface area contributed by atoms with E-state index < -0.39 is 0 Å². The lowest BCUT2D eigenvalue weighted by atomic mass is 9.96. The van der Waals surface area contributed by atoms with E-state index in [0.29, 0.717) is 16.4 Å². The Morgan fingerprint density at radius 3 is 2.65 bits per heavy atom. The van der Waals surface area contributed by atoms with E-state index in [1.54, 1.807) is 6.07 Å². The number of halogens is 2. The SMILES string of the molecule is CCNC(CCc1cccc(Br)c1F)C(C)C. The maximum atomic E-state index is 13.8. The molecule has 0 spiro atoms. The summed E-state index contributed by atoms with van der Waals surface area (Å²) in [5.41, 5.74) is 0.794. The van der Waals surface area contributed by atoms with Crippen molar-refractivity contribution in [3.05, 3.63) is 34.1 Å². The largest absolute Gasteiger partial charge is 0.314 e. The van der Waals surface area contributed by atoms with Gasteiger partial charge in [-0.2, -0.15) is 0 Å². The molecule has 0 radical (unpaired) electrons. The molecular weight excluding hydrogens is 281 g/mol. The molecule has 1 atom stereocenters. The van der Waals surface area contributed by atoms with Crippen LogP contribution in [0.5, 0.6) is 0 Å². The molecule has 0 bridgehead atoms. The van der Waals surface area contributed by atoms with Gasteiger partial charge in [-0.05, 0) is 52.9 Å². The van der Waals surface area contributed by atoms with Crippen LogP contribution in [0.4, 0.5) is 4.39 Å². The van der Waals surface area contributed by atoms with Crippen molar-refractivity contribution in [1.82, 2.24) is 5.32 Å². The first-order chi connectivity index (χ1) is 8.06. The second-order valence-corrected chi connectivity index (χ2v) is 5.51. The van der Waals surface area contributed by atoms with Crippen molar-refractivity contribution in [3.63, 3.8) is 0 Å². The molecule has 1 unspecified atom stereocenters. The van der Waals surface area contributed by atoms with E-state index in [2.05, 4.69) is 42.0 Å². The van der Waals surface area contributed by atoms with Crippen LogP contribution < -0.4 is 5.32 Å². The van der Waals surface area contributed by atoms with Gasteiger partial charge in [0.2, 0.25) is 0 Å². The maximum Gasteiger partial charge on any atom is 0.140 e. The number of rotatable bonds is 6. The lowest BCUT2D eigenvalue weighted by Gasteiger charge is -2.21. The van der Waals surface area contributed by atoms with Crippen molar-refractivity contribution in [2.75, 3.05) is 6.54 Å². The van der Waals surface area contributed by atoms with Crippen LogP contribution in [0.15, 0.2) is 22.7 Å². The zero-order valence-corrected chi connectivity index (χ0v) is 12.3. The van der Waals surface area contributed by atoms with Crippen LogP contribution >= 0.6 is 15.9 Å². The summed E-state index contributed by atoms with van der Waals surface area (Å²) in [5, 5.41) is 3.45. The monoisotopic (exact) mass is 301 g/mol. The molecule has 0 aliphatic rings. The summed E-state index contributed by atoms with van der Waals surface area (Å²) in [6.07, 6.45) is 1.75.